The number of nitrogens with zero attached hydrogens (tertiary/aromatic N) is 7. The number of fused-ring (bicyclic) bond motifs is 1. The molecule has 3 amide bonds. The Bertz CT molecular complexity index is 1840. The minimum absolute atomic E-state index is 0.0999. The topological polar surface area (TPSA) is 150 Å². The van der Waals surface area contributed by atoms with E-state index < -0.39 is 5.54 Å². The van der Waals surface area contributed by atoms with Gasteiger partial charge in [0.1, 0.15) is 17.6 Å². The zero-order valence-electron chi connectivity index (χ0n) is 29.2. The van der Waals surface area contributed by atoms with Crippen LogP contribution in [-0.4, -0.2) is 93.0 Å². The highest BCUT2D eigenvalue weighted by molar-refractivity contribution is 5.85. The van der Waals surface area contributed by atoms with Crippen LogP contribution in [0.15, 0.2) is 61.2 Å². The number of amides is 3. The molecule has 1 atom stereocenters. The average molecular weight is 680 g/mol. The summed E-state index contributed by atoms with van der Waals surface area (Å²) in [5, 5.41) is 20.4. The molecule has 262 valence electrons. The van der Waals surface area contributed by atoms with E-state index in [-0.39, 0.29) is 30.0 Å². The van der Waals surface area contributed by atoms with Crippen LogP contribution in [0.5, 0.6) is 5.75 Å². The summed E-state index contributed by atoms with van der Waals surface area (Å²) >= 11 is 0. The van der Waals surface area contributed by atoms with Crippen molar-refractivity contribution in [2.45, 2.75) is 70.6 Å². The first-order chi connectivity index (χ1) is 24.0. The highest BCUT2D eigenvalue weighted by atomic mass is 16.5. The Morgan fingerprint density at radius 3 is 2.62 bits per heavy atom. The summed E-state index contributed by atoms with van der Waals surface area (Å²) in [6.07, 6.45) is 8.71. The number of hydrogen-bond acceptors (Lipinski definition) is 9. The van der Waals surface area contributed by atoms with Gasteiger partial charge in [0.2, 0.25) is 5.91 Å². The van der Waals surface area contributed by atoms with E-state index in [0.29, 0.717) is 75.5 Å². The number of carbonyl (C=O) groups is 2. The van der Waals surface area contributed by atoms with Crippen LogP contribution in [0.1, 0.15) is 58.2 Å². The first kappa shape index (κ1) is 34.6. The molecule has 0 aromatic carbocycles. The number of ether oxygens (including phenoxy) is 2. The van der Waals surface area contributed by atoms with Gasteiger partial charge in [-0.25, -0.2) is 14.3 Å². The van der Waals surface area contributed by atoms with Gasteiger partial charge < -0.3 is 29.9 Å². The van der Waals surface area contributed by atoms with Gasteiger partial charge in [0, 0.05) is 72.9 Å². The number of nitriles is 1. The Kier molecular flexibility index (Phi) is 10.2. The van der Waals surface area contributed by atoms with Crippen LogP contribution < -0.4 is 20.3 Å². The monoisotopic (exact) mass is 679 g/mol. The lowest BCUT2D eigenvalue weighted by Crippen LogP contribution is -2.58. The van der Waals surface area contributed by atoms with Gasteiger partial charge in [0.15, 0.2) is 0 Å². The van der Waals surface area contributed by atoms with E-state index in [1.165, 1.54) is 0 Å². The summed E-state index contributed by atoms with van der Waals surface area (Å²) in [6, 6.07) is 13.9. The fraction of sp³-hybridized carbons (Fsp3) is 0.459. The summed E-state index contributed by atoms with van der Waals surface area (Å²) < 4.78 is 13.4. The molecule has 2 aliphatic rings. The van der Waals surface area contributed by atoms with Crippen molar-refractivity contribution in [2.24, 2.45) is 0 Å². The van der Waals surface area contributed by atoms with Crippen LogP contribution in [0, 0.1) is 11.3 Å². The van der Waals surface area contributed by atoms with Crippen LogP contribution in [0.3, 0.4) is 0 Å². The van der Waals surface area contributed by atoms with E-state index in [1.54, 1.807) is 28.0 Å². The second-order valence-electron chi connectivity index (χ2n) is 14.0. The minimum Gasteiger partial charge on any atom is -0.492 e. The molecule has 13 nitrogen and oxygen atoms in total. The Labute approximate surface area is 292 Å². The van der Waals surface area contributed by atoms with Crippen LogP contribution in [0.2, 0.25) is 0 Å². The highest BCUT2D eigenvalue weighted by Crippen LogP contribution is 2.33. The fourth-order valence-corrected chi connectivity index (χ4v) is 6.72. The maximum atomic E-state index is 13.6. The molecule has 6 heterocycles. The van der Waals surface area contributed by atoms with Gasteiger partial charge in [-0.1, -0.05) is 6.07 Å². The molecule has 0 aliphatic carbocycles. The number of urea groups is 1. The van der Waals surface area contributed by atoms with Crippen LogP contribution in [0.25, 0.3) is 16.6 Å². The second kappa shape index (κ2) is 14.7. The molecule has 6 rings (SSSR count). The van der Waals surface area contributed by atoms with Crippen LogP contribution >= 0.6 is 0 Å². The van der Waals surface area contributed by atoms with Crippen molar-refractivity contribution in [3.63, 3.8) is 0 Å². The molecule has 0 spiro atoms. The van der Waals surface area contributed by atoms with Crippen LogP contribution in [-0.2, 0) is 16.0 Å². The molecule has 2 N–H and O–H groups in total. The Morgan fingerprint density at radius 2 is 1.94 bits per heavy atom. The number of aromatic nitrogens is 4. The Morgan fingerprint density at radius 1 is 1.12 bits per heavy atom. The van der Waals surface area contributed by atoms with Crippen LogP contribution in [0.4, 0.5) is 10.6 Å². The zero-order chi connectivity index (χ0) is 35.3. The van der Waals surface area contributed by atoms with Gasteiger partial charge in [-0.3, -0.25) is 9.78 Å². The summed E-state index contributed by atoms with van der Waals surface area (Å²) in [4.78, 5) is 39.7. The number of anilines is 1. The highest BCUT2D eigenvalue weighted by Gasteiger charge is 2.38. The lowest BCUT2D eigenvalue weighted by molar-refractivity contribution is -0.127. The molecule has 0 radical (unpaired) electrons. The average Bonchev–Trinajstić information content (AvgIpc) is 3.51. The van der Waals surface area contributed by atoms with E-state index in [2.05, 4.69) is 31.7 Å². The van der Waals surface area contributed by atoms with E-state index in [1.807, 2.05) is 70.3 Å². The Balaban J connectivity index is 1.14. The van der Waals surface area contributed by atoms with Gasteiger partial charge in [-0.15, -0.1) is 0 Å². The molecule has 13 heteroatoms. The fourth-order valence-electron chi connectivity index (χ4n) is 6.72. The van der Waals surface area contributed by atoms with Crippen molar-refractivity contribution in [2.75, 3.05) is 44.3 Å². The zero-order valence-corrected chi connectivity index (χ0v) is 29.2. The minimum atomic E-state index is -0.499. The lowest BCUT2D eigenvalue weighted by Gasteiger charge is -2.43. The molecule has 0 saturated carbocycles. The van der Waals surface area contributed by atoms with E-state index in [4.69, 9.17) is 14.5 Å². The van der Waals surface area contributed by atoms with Crippen molar-refractivity contribution in [1.82, 2.24) is 35.1 Å². The Hall–Kier alpha value is -5.22. The van der Waals surface area contributed by atoms with Crippen molar-refractivity contribution in [3.05, 3.63) is 72.4 Å². The number of morpholine rings is 1. The summed E-state index contributed by atoms with van der Waals surface area (Å²) in [7, 11) is 0. The third-order valence-electron chi connectivity index (χ3n) is 9.09. The molecule has 4 aromatic rings. The number of carbonyl (C=O) groups excluding carboxylic acids is 2. The molecule has 1 unspecified atom stereocenters. The number of rotatable bonds is 9. The van der Waals surface area contributed by atoms with E-state index in [9.17, 15) is 14.9 Å². The molecule has 2 fully saturated rings. The predicted molar refractivity (Wildman–Crippen MR) is 189 cm³/mol. The summed E-state index contributed by atoms with van der Waals surface area (Å²) in [6.45, 7) is 10.9. The first-order valence-corrected chi connectivity index (χ1v) is 17.2. The molecule has 50 heavy (non-hydrogen) atoms. The van der Waals surface area contributed by atoms with Gasteiger partial charge in [-0.05, 0) is 70.9 Å². The molecular weight excluding hydrogens is 634 g/mol. The molecule has 0 bridgehead atoms. The number of piperidine rings is 1. The van der Waals surface area contributed by atoms with Gasteiger partial charge in [-0.2, -0.15) is 10.4 Å². The van der Waals surface area contributed by atoms with Crippen molar-refractivity contribution in [1.29, 1.82) is 5.26 Å². The van der Waals surface area contributed by atoms with Crippen molar-refractivity contribution >= 4 is 23.3 Å². The molecule has 4 aromatic heterocycles. The van der Waals surface area contributed by atoms with Crippen molar-refractivity contribution in [3.8, 4) is 22.9 Å². The maximum absolute atomic E-state index is 13.6. The van der Waals surface area contributed by atoms with E-state index >= 15 is 0 Å². The SMILES string of the molecule is CCOc1cc(-c2ccc(N3CCC(Cc4ccccn4)(NC(=O)CC4CN(C(=O)NC(C)(C)C)CCO4)CC3)nc2)c2c(C#N)cnn2c1. The second-order valence-corrected chi connectivity index (χ2v) is 14.0. The quantitative estimate of drug-likeness (QED) is 0.263. The third kappa shape index (κ3) is 8.14. The van der Waals surface area contributed by atoms with Gasteiger partial charge in [0.05, 0.1) is 49.2 Å². The van der Waals surface area contributed by atoms with Gasteiger partial charge >= 0.3 is 6.03 Å². The van der Waals surface area contributed by atoms with Crippen molar-refractivity contribution < 1.29 is 19.1 Å². The maximum Gasteiger partial charge on any atom is 0.317 e. The number of hydrogen-bond donors (Lipinski definition) is 2. The lowest BCUT2D eigenvalue weighted by atomic mass is 9.82. The first-order valence-electron chi connectivity index (χ1n) is 17.2. The number of nitrogens with one attached hydrogen (secondary N) is 2. The predicted octanol–water partition coefficient (Wildman–Crippen LogP) is 4.36. The normalized spacial score (nSPS) is 17.6. The standard InChI is InChI=1S/C37H45N9O4/c1-5-49-29-18-31(34-27(21-38)23-41-46(34)25-29)26-9-10-32(40-22-26)44-14-11-37(12-15-44,20-28-8-6-7-13-39-28)42-33(47)19-30-24-45(16-17-50-30)35(48)43-36(2,3)4/h6-10,13,18,22-23,25,30H,5,11-12,14-17,19-20,24H2,1-4H3,(H,42,47)(H,43,48). The van der Waals surface area contributed by atoms with E-state index in [0.717, 1.165) is 22.6 Å². The molecule has 2 aliphatic heterocycles. The smallest absolute Gasteiger partial charge is 0.317 e. The van der Waals surface area contributed by atoms with Gasteiger partial charge in [0.25, 0.3) is 0 Å². The molecular formula is C37H45N9O4. The largest absolute Gasteiger partial charge is 0.492 e. The third-order valence-corrected chi connectivity index (χ3v) is 9.09. The summed E-state index contributed by atoms with van der Waals surface area (Å²) in [5.41, 5.74) is 2.93. The summed E-state index contributed by atoms with van der Waals surface area (Å²) in [5.74, 6) is 1.39. The number of pyridine rings is 3. The molecule has 2 saturated heterocycles.